The fourth-order valence-electron chi connectivity index (χ4n) is 11.3. The molecule has 0 saturated carbocycles. The second-order valence-corrected chi connectivity index (χ2v) is 20.4. The Hall–Kier alpha value is -6.15. The van der Waals surface area contributed by atoms with Gasteiger partial charge in [0.05, 0.1) is 55.4 Å². The zero-order chi connectivity index (χ0) is 58.8. The van der Waals surface area contributed by atoms with E-state index in [9.17, 15) is 59.7 Å². The lowest BCUT2D eigenvalue weighted by molar-refractivity contribution is -0.307. The number of esters is 1. The van der Waals surface area contributed by atoms with Gasteiger partial charge in [-0.1, -0.05) is 19.9 Å². The number of hydrogen-bond donors (Lipinski definition) is 10. The summed E-state index contributed by atoms with van der Waals surface area (Å²) < 4.78 is 68.8. The van der Waals surface area contributed by atoms with Gasteiger partial charge in [-0.2, -0.15) is 0 Å². The third-order valence-corrected chi connectivity index (χ3v) is 15.2. The number of carbonyl (C=O) groups excluding carboxylic acids is 4. The van der Waals surface area contributed by atoms with E-state index in [4.69, 9.17) is 56.8 Å². The van der Waals surface area contributed by atoms with Crippen LogP contribution in [0.4, 0.5) is 5.69 Å². The van der Waals surface area contributed by atoms with Crippen LogP contribution in [0, 0.1) is 11.8 Å². The first-order chi connectivity index (χ1) is 38.6. The minimum absolute atomic E-state index is 0.0272. The van der Waals surface area contributed by atoms with Crippen molar-refractivity contribution in [1.82, 2.24) is 10.6 Å². The average Bonchev–Trinajstić information content (AvgIpc) is 3.70. The Labute approximate surface area is 464 Å². The van der Waals surface area contributed by atoms with Crippen LogP contribution >= 0.6 is 0 Å². The number of aliphatic hydroxyl groups excluding tert-OH is 4. The number of benzene rings is 3. The maximum atomic E-state index is 13.9. The Balaban J connectivity index is 0.000000260. The molecule has 27 nitrogen and oxygen atoms in total. The lowest BCUT2D eigenvalue weighted by Gasteiger charge is -2.47. The number of rotatable bonds is 15. The fourth-order valence-corrected chi connectivity index (χ4v) is 11.3. The van der Waals surface area contributed by atoms with Gasteiger partial charge in [0, 0.05) is 101 Å². The second kappa shape index (κ2) is 25.6. The number of carboxylic acids is 1. The number of aliphatic hydroxyl groups is 4. The van der Waals surface area contributed by atoms with E-state index in [-0.39, 0.29) is 72.1 Å². The highest BCUT2D eigenvalue weighted by atomic mass is 16.7. The summed E-state index contributed by atoms with van der Waals surface area (Å²) in [4.78, 5) is 62.7. The molecule has 444 valence electrons. The van der Waals surface area contributed by atoms with Crippen LogP contribution in [0.2, 0.25) is 0 Å². The third kappa shape index (κ3) is 12.3. The van der Waals surface area contributed by atoms with E-state index in [0.717, 1.165) is 0 Å². The SMILES string of the molecule is COC1OC(CO)C(C)C(OC2CC(O)C(OC)C(C(=O)Nc3ccc4c(c3)C(=O)OC43c4ccc(O)cc4Oc4cc(O)ccc43)O2)C1NC(C)=O.COC1OC(CO)C(C)C(OC2CC(O)C(OC)C(C(=O)O)O2)C1NC(C)=O. The van der Waals surface area contributed by atoms with Crippen molar-refractivity contribution in [2.24, 2.45) is 11.8 Å². The van der Waals surface area contributed by atoms with Crippen molar-refractivity contribution < 1.29 is 117 Å². The lowest BCUT2D eigenvalue weighted by atomic mass is 9.77. The zero-order valence-electron chi connectivity index (χ0n) is 45.5. The van der Waals surface area contributed by atoms with Crippen molar-refractivity contribution in [2.75, 3.05) is 47.0 Å². The van der Waals surface area contributed by atoms with Gasteiger partial charge >= 0.3 is 11.9 Å². The van der Waals surface area contributed by atoms with Crippen LogP contribution in [0.15, 0.2) is 54.6 Å². The standard InChI is InChI=1S/C37H40N2O14.C17H29NO10/c1-16-28(15-40)50-36(48-4)30(38-17(2)41)31(16)51-29-14-25(44)32(47-3)33(52-29)34(45)39-18-5-8-22-21(11-18)35(46)53-37(22)23-9-6-19(42)12-26(23)49-27-13-20(43)7-10-24(27)37;1-7-10(6-19)26-17(25-4)12(18-8(2)20)13(7)27-11-5-9(21)14(24-3)15(28-11)16(22)23/h5-13,16,25,28-33,36,40,42-44H,14-15H2,1-4H3,(H,38,41)(H,39,45);7,9-15,17,19,21H,5-6H2,1-4H3,(H,18,20)(H,22,23). The molecule has 1 spiro atoms. The highest BCUT2D eigenvalue weighted by Crippen LogP contribution is 2.57. The molecule has 0 radical (unpaired) electrons. The topological polar surface area (TPSA) is 374 Å². The van der Waals surface area contributed by atoms with Gasteiger partial charge in [-0.15, -0.1) is 0 Å². The van der Waals surface area contributed by atoms with Crippen LogP contribution in [0.1, 0.15) is 67.6 Å². The number of aliphatic carboxylic acids is 1. The van der Waals surface area contributed by atoms with Gasteiger partial charge in [0.2, 0.25) is 11.8 Å². The summed E-state index contributed by atoms with van der Waals surface area (Å²) in [6.45, 7) is 5.53. The summed E-state index contributed by atoms with van der Waals surface area (Å²) in [7, 11) is 5.40. The Morgan fingerprint density at radius 1 is 0.630 bits per heavy atom. The molecule has 0 bridgehead atoms. The Kier molecular flexibility index (Phi) is 19.2. The number of phenolic OH excluding ortho intramolecular Hbond substituents is 2. The molecule has 18 unspecified atom stereocenters. The smallest absolute Gasteiger partial charge is 0.340 e. The molecule has 3 amide bonds. The van der Waals surface area contributed by atoms with Crippen molar-refractivity contribution in [3.63, 3.8) is 0 Å². The maximum Gasteiger partial charge on any atom is 0.340 e. The first-order valence-corrected chi connectivity index (χ1v) is 26.0. The molecule has 10 N–H and O–H groups in total. The predicted octanol–water partition coefficient (Wildman–Crippen LogP) is 0.436. The number of ether oxygens (including phenoxy) is 12. The first-order valence-electron chi connectivity index (χ1n) is 26.0. The van der Waals surface area contributed by atoms with Crippen LogP contribution in [0.5, 0.6) is 23.0 Å². The van der Waals surface area contributed by atoms with E-state index >= 15 is 0 Å². The first kappa shape index (κ1) is 60.9. The summed E-state index contributed by atoms with van der Waals surface area (Å²) in [6, 6.07) is 12.0. The number of anilines is 1. The van der Waals surface area contributed by atoms with E-state index in [1.807, 2.05) is 0 Å². The number of methoxy groups -OCH3 is 4. The molecule has 6 aliphatic rings. The quantitative estimate of drug-likeness (QED) is 0.0923. The van der Waals surface area contributed by atoms with Gasteiger partial charge in [-0.25, -0.2) is 9.59 Å². The van der Waals surface area contributed by atoms with Gasteiger partial charge in [-0.05, 0) is 36.4 Å². The fraction of sp³-hybridized carbons (Fsp3) is 0.574. The van der Waals surface area contributed by atoms with Crippen molar-refractivity contribution >= 4 is 35.3 Å². The minimum Gasteiger partial charge on any atom is -0.508 e. The zero-order valence-corrected chi connectivity index (χ0v) is 45.5. The highest BCUT2D eigenvalue weighted by molar-refractivity contribution is 6.00. The Morgan fingerprint density at radius 3 is 1.52 bits per heavy atom. The molecule has 27 heteroatoms. The molecule has 6 aliphatic heterocycles. The van der Waals surface area contributed by atoms with Gasteiger partial charge in [-0.3, -0.25) is 14.4 Å². The molecule has 0 aliphatic carbocycles. The van der Waals surface area contributed by atoms with E-state index in [1.54, 1.807) is 38.1 Å². The molecule has 3 aromatic rings. The lowest BCUT2D eigenvalue weighted by Crippen LogP contribution is -2.64. The van der Waals surface area contributed by atoms with Crippen LogP contribution in [0.3, 0.4) is 0 Å². The van der Waals surface area contributed by atoms with E-state index in [2.05, 4.69) is 16.0 Å². The Morgan fingerprint density at radius 2 is 1.09 bits per heavy atom. The normalized spacial score (nSPS) is 33.7. The molecule has 6 heterocycles. The van der Waals surface area contributed by atoms with Gasteiger partial charge < -0.3 is 109 Å². The number of phenols is 2. The van der Waals surface area contributed by atoms with Gasteiger partial charge in [0.1, 0.15) is 47.3 Å². The number of carboxylic acid groups (broad SMARTS) is 1. The molecule has 3 aromatic carbocycles. The summed E-state index contributed by atoms with van der Waals surface area (Å²) in [6.07, 6.45) is -14.4. The third-order valence-electron chi connectivity index (χ3n) is 15.2. The molecule has 0 aromatic heterocycles. The molecule has 4 saturated heterocycles. The number of carbonyl (C=O) groups is 5. The molecule has 9 rings (SSSR count). The summed E-state index contributed by atoms with van der Waals surface area (Å²) in [5, 5.41) is 78.9. The van der Waals surface area contributed by atoms with Crippen LogP contribution in [-0.4, -0.2) is 205 Å². The predicted molar refractivity (Wildman–Crippen MR) is 273 cm³/mol. The van der Waals surface area contributed by atoms with Crippen molar-refractivity contribution in [3.8, 4) is 23.0 Å². The van der Waals surface area contributed by atoms with Gasteiger partial charge in [0.25, 0.3) is 5.91 Å². The van der Waals surface area contributed by atoms with Crippen LogP contribution < -0.4 is 20.7 Å². The highest BCUT2D eigenvalue weighted by Gasteiger charge is 2.55. The minimum atomic E-state index is -1.49. The number of hydrogen-bond acceptors (Lipinski definition) is 23. The molecule has 4 fully saturated rings. The monoisotopic (exact) mass is 1140 g/mol. The van der Waals surface area contributed by atoms with Crippen LogP contribution in [-0.2, 0) is 76.9 Å². The molecule has 18 atom stereocenters. The second-order valence-electron chi connectivity index (χ2n) is 20.4. The molecular weight excluding hydrogens is 1070 g/mol. The van der Waals surface area contributed by atoms with Crippen molar-refractivity contribution in [3.05, 3.63) is 76.9 Å². The van der Waals surface area contributed by atoms with Gasteiger partial charge in [0.15, 0.2) is 43.0 Å². The number of amides is 3. The molecular formula is C54H69N3O24. The molecule has 81 heavy (non-hydrogen) atoms. The van der Waals surface area contributed by atoms with Crippen molar-refractivity contribution in [1.29, 1.82) is 0 Å². The number of nitrogens with one attached hydrogen (secondary N) is 3. The van der Waals surface area contributed by atoms with Crippen LogP contribution in [0.25, 0.3) is 0 Å². The summed E-state index contributed by atoms with van der Waals surface area (Å²) >= 11 is 0. The Bertz CT molecular complexity index is 2720. The van der Waals surface area contributed by atoms with E-state index < -0.39 is 134 Å². The summed E-state index contributed by atoms with van der Waals surface area (Å²) in [5.74, 6) is -3.99. The maximum absolute atomic E-state index is 13.9. The largest absolute Gasteiger partial charge is 0.508 e. The number of aromatic hydroxyl groups is 2. The van der Waals surface area contributed by atoms with Crippen molar-refractivity contribution in [2.45, 2.75) is 144 Å². The van der Waals surface area contributed by atoms with E-state index in [0.29, 0.717) is 16.7 Å². The number of fused-ring (bicyclic) bond motifs is 6. The van der Waals surface area contributed by atoms with E-state index in [1.165, 1.54) is 72.6 Å². The summed E-state index contributed by atoms with van der Waals surface area (Å²) in [5.41, 5.74) is 0.176. The average molecular weight is 1140 g/mol.